The number of aromatic nitrogens is 2. The van der Waals surface area contributed by atoms with Crippen LogP contribution in [0.1, 0.15) is 55.2 Å². The van der Waals surface area contributed by atoms with E-state index in [0.29, 0.717) is 5.56 Å². The van der Waals surface area contributed by atoms with Crippen LogP contribution in [-0.2, 0) is 0 Å². The minimum Gasteiger partial charge on any atom is -0.352 e. The van der Waals surface area contributed by atoms with Crippen molar-refractivity contribution in [1.29, 1.82) is 0 Å². The summed E-state index contributed by atoms with van der Waals surface area (Å²) in [5, 5.41) is 3.02. The Balaban J connectivity index is 1.72. The molecule has 3 rings (SSSR count). The van der Waals surface area contributed by atoms with E-state index in [1.165, 1.54) is 25.7 Å². The van der Waals surface area contributed by atoms with Crippen molar-refractivity contribution in [3.05, 3.63) is 58.3 Å². The molecular formula is C22H26BrN3O. The number of nitrogens with one attached hydrogen (secondary N) is 1. The second-order valence-corrected chi connectivity index (χ2v) is 7.76. The first-order valence-electron chi connectivity index (χ1n) is 9.63. The van der Waals surface area contributed by atoms with Crippen molar-refractivity contribution in [2.75, 3.05) is 6.54 Å². The third kappa shape index (κ3) is 4.78. The Kier molecular flexibility index (Phi) is 6.67. The van der Waals surface area contributed by atoms with Gasteiger partial charge < -0.3 is 5.32 Å². The van der Waals surface area contributed by atoms with E-state index in [2.05, 4.69) is 49.9 Å². The van der Waals surface area contributed by atoms with E-state index in [0.717, 1.165) is 40.0 Å². The van der Waals surface area contributed by atoms with Gasteiger partial charge in [-0.15, -0.1) is 0 Å². The lowest BCUT2D eigenvalue weighted by Gasteiger charge is -2.08. The number of benzene rings is 2. The molecule has 0 aliphatic rings. The summed E-state index contributed by atoms with van der Waals surface area (Å²) in [5.41, 5.74) is 3.57. The van der Waals surface area contributed by atoms with E-state index in [-0.39, 0.29) is 5.91 Å². The molecule has 142 valence electrons. The molecule has 0 aliphatic heterocycles. The molecular weight excluding hydrogens is 402 g/mol. The number of unbranched alkanes of at least 4 members (excludes halogenated alkanes) is 4. The highest BCUT2D eigenvalue weighted by Crippen LogP contribution is 2.23. The predicted octanol–water partition coefficient (Wildman–Crippen LogP) is 5.80. The zero-order valence-corrected chi connectivity index (χ0v) is 17.6. The summed E-state index contributed by atoms with van der Waals surface area (Å²) in [6, 6.07) is 13.9. The smallest absolute Gasteiger partial charge is 0.251 e. The molecule has 0 bridgehead atoms. The average Bonchev–Trinajstić information content (AvgIpc) is 3.00. The number of imidazole rings is 1. The minimum atomic E-state index is -0.0248. The quantitative estimate of drug-likeness (QED) is 0.461. The van der Waals surface area contributed by atoms with Crippen LogP contribution in [0.5, 0.6) is 0 Å². The molecule has 1 heterocycles. The first-order valence-corrected chi connectivity index (χ1v) is 10.4. The Labute approximate surface area is 169 Å². The zero-order chi connectivity index (χ0) is 19.2. The highest BCUT2D eigenvalue weighted by atomic mass is 79.9. The van der Waals surface area contributed by atoms with Gasteiger partial charge in [-0.25, -0.2) is 4.98 Å². The van der Waals surface area contributed by atoms with Crippen LogP contribution in [0.2, 0.25) is 0 Å². The fourth-order valence-corrected chi connectivity index (χ4v) is 3.55. The van der Waals surface area contributed by atoms with Crippen LogP contribution in [0.3, 0.4) is 0 Å². The lowest BCUT2D eigenvalue weighted by Crippen LogP contribution is -2.24. The maximum atomic E-state index is 12.4. The van der Waals surface area contributed by atoms with Crippen LogP contribution >= 0.6 is 15.9 Å². The summed E-state index contributed by atoms with van der Waals surface area (Å²) in [6.07, 6.45) is 5.95. The summed E-state index contributed by atoms with van der Waals surface area (Å²) < 4.78 is 3.15. The van der Waals surface area contributed by atoms with Gasteiger partial charge in [0.25, 0.3) is 5.91 Å². The van der Waals surface area contributed by atoms with Gasteiger partial charge in [0.15, 0.2) is 0 Å². The number of halogens is 1. The second kappa shape index (κ2) is 9.18. The Hall–Kier alpha value is -2.14. The van der Waals surface area contributed by atoms with E-state index >= 15 is 0 Å². The molecule has 0 spiro atoms. The highest BCUT2D eigenvalue weighted by Gasteiger charge is 2.12. The van der Waals surface area contributed by atoms with E-state index in [4.69, 9.17) is 0 Å². The lowest BCUT2D eigenvalue weighted by atomic mass is 10.1. The molecule has 2 aromatic carbocycles. The number of hydrogen-bond donors (Lipinski definition) is 1. The van der Waals surface area contributed by atoms with Gasteiger partial charge >= 0.3 is 0 Å². The molecule has 5 heteroatoms. The van der Waals surface area contributed by atoms with Crippen LogP contribution in [-0.4, -0.2) is 22.0 Å². The van der Waals surface area contributed by atoms with Crippen molar-refractivity contribution in [3.8, 4) is 5.69 Å². The number of hydrogen-bond acceptors (Lipinski definition) is 2. The summed E-state index contributed by atoms with van der Waals surface area (Å²) in [6.45, 7) is 4.92. The number of amides is 1. The van der Waals surface area contributed by atoms with Gasteiger partial charge in [0, 0.05) is 22.3 Å². The molecule has 0 fully saturated rings. The Morgan fingerprint density at radius 1 is 1.07 bits per heavy atom. The van der Waals surface area contributed by atoms with Crippen molar-refractivity contribution < 1.29 is 4.79 Å². The second-order valence-electron chi connectivity index (χ2n) is 6.84. The molecule has 1 amide bonds. The SMILES string of the molecule is CCCCCCCNC(=O)c1ccc2c(c1)nc(C)n2-c1ccc(Br)cc1. The van der Waals surface area contributed by atoms with E-state index in [1.807, 2.05) is 37.3 Å². The number of nitrogens with zero attached hydrogens (tertiary/aromatic N) is 2. The Morgan fingerprint density at radius 3 is 2.56 bits per heavy atom. The number of fused-ring (bicyclic) bond motifs is 1. The van der Waals surface area contributed by atoms with Crippen LogP contribution in [0.25, 0.3) is 16.7 Å². The summed E-state index contributed by atoms with van der Waals surface area (Å²) in [4.78, 5) is 17.1. The number of carbonyl (C=O) groups is 1. The third-order valence-corrected chi connectivity index (χ3v) is 5.26. The maximum Gasteiger partial charge on any atom is 0.251 e. The Morgan fingerprint density at radius 2 is 1.81 bits per heavy atom. The molecule has 0 atom stereocenters. The van der Waals surface area contributed by atoms with E-state index in [9.17, 15) is 4.79 Å². The maximum absolute atomic E-state index is 12.4. The number of rotatable bonds is 8. The monoisotopic (exact) mass is 427 g/mol. The van der Waals surface area contributed by atoms with Gasteiger partial charge in [0.1, 0.15) is 5.82 Å². The lowest BCUT2D eigenvalue weighted by molar-refractivity contribution is 0.0953. The molecule has 1 aromatic heterocycles. The van der Waals surface area contributed by atoms with Crippen LogP contribution in [0.4, 0.5) is 0 Å². The van der Waals surface area contributed by atoms with Gasteiger partial charge in [-0.2, -0.15) is 0 Å². The summed E-state index contributed by atoms with van der Waals surface area (Å²) in [5.74, 6) is 0.879. The van der Waals surface area contributed by atoms with Crippen LogP contribution in [0, 0.1) is 6.92 Å². The molecule has 0 saturated heterocycles. The molecule has 0 unspecified atom stereocenters. The van der Waals surface area contributed by atoms with Gasteiger partial charge in [0.2, 0.25) is 0 Å². The van der Waals surface area contributed by atoms with Gasteiger partial charge in [-0.05, 0) is 55.8 Å². The highest BCUT2D eigenvalue weighted by molar-refractivity contribution is 9.10. The van der Waals surface area contributed by atoms with Crippen molar-refractivity contribution in [2.45, 2.75) is 46.0 Å². The van der Waals surface area contributed by atoms with Crippen molar-refractivity contribution in [2.24, 2.45) is 0 Å². The first kappa shape index (κ1) is 19.6. The van der Waals surface area contributed by atoms with Gasteiger partial charge in [0.05, 0.1) is 11.0 Å². The molecule has 0 radical (unpaired) electrons. The van der Waals surface area contributed by atoms with Crippen molar-refractivity contribution in [1.82, 2.24) is 14.9 Å². The summed E-state index contributed by atoms with van der Waals surface area (Å²) in [7, 11) is 0. The van der Waals surface area contributed by atoms with Crippen molar-refractivity contribution in [3.63, 3.8) is 0 Å². The summed E-state index contributed by atoms with van der Waals surface area (Å²) >= 11 is 3.47. The average molecular weight is 428 g/mol. The number of carbonyl (C=O) groups excluding carboxylic acids is 1. The fourth-order valence-electron chi connectivity index (χ4n) is 3.29. The Bertz CT molecular complexity index is 915. The predicted molar refractivity (Wildman–Crippen MR) is 115 cm³/mol. The van der Waals surface area contributed by atoms with Crippen LogP contribution in [0.15, 0.2) is 46.9 Å². The first-order chi connectivity index (χ1) is 13.1. The molecule has 0 saturated carbocycles. The standard InChI is InChI=1S/C22H26BrN3O/c1-3-4-5-6-7-14-24-22(27)17-8-13-21-20(15-17)25-16(2)26(21)19-11-9-18(23)10-12-19/h8-13,15H,3-7,14H2,1-2H3,(H,24,27). The normalized spacial score (nSPS) is 11.1. The topological polar surface area (TPSA) is 46.9 Å². The van der Waals surface area contributed by atoms with Gasteiger partial charge in [-0.1, -0.05) is 48.5 Å². The molecule has 1 N–H and O–H groups in total. The molecule has 27 heavy (non-hydrogen) atoms. The van der Waals surface area contributed by atoms with Crippen LogP contribution < -0.4 is 5.32 Å². The third-order valence-electron chi connectivity index (χ3n) is 4.74. The van der Waals surface area contributed by atoms with E-state index in [1.54, 1.807) is 0 Å². The minimum absolute atomic E-state index is 0.0248. The fraction of sp³-hybridized carbons (Fsp3) is 0.364. The van der Waals surface area contributed by atoms with Gasteiger partial charge in [-0.3, -0.25) is 9.36 Å². The zero-order valence-electron chi connectivity index (χ0n) is 16.0. The van der Waals surface area contributed by atoms with E-state index < -0.39 is 0 Å². The molecule has 3 aromatic rings. The van der Waals surface area contributed by atoms with Crippen molar-refractivity contribution >= 4 is 32.9 Å². The largest absolute Gasteiger partial charge is 0.352 e. The molecule has 4 nitrogen and oxygen atoms in total. The molecule has 0 aliphatic carbocycles. The number of aryl methyl sites for hydroxylation is 1.